The Morgan fingerprint density at radius 3 is 2.54 bits per heavy atom. The second-order valence-corrected chi connectivity index (χ2v) is 14.5. The number of carbonyl (C=O) groups excluding carboxylic acids is 3. The van der Waals surface area contributed by atoms with Gasteiger partial charge < -0.3 is 34.0 Å². The van der Waals surface area contributed by atoms with E-state index in [0.717, 1.165) is 6.42 Å². The van der Waals surface area contributed by atoms with E-state index in [4.69, 9.17) is 18.9 Å². The maximum atomic E-state index is 13.1. The zero-order valence-corrected chi connectivity index (χ0v) is 31.2. The average Bonchev–Trinajstić information content (AvgIpc) is 3.08. The molecule has 3 rings (SSSR count). The van der Waals surface area contributed by atoms with Crippen LogP contribution in [0.5, 0.6) is 11.5 Å². The van der Waals surface area contributed by atoms with Crippen LogP contribution in [0.25, 0.3) is 6.08 Å². The van der Waals surface area contributed by atoms with Gasteiger partial charge in [0.05, 0.1) is 44.4 Å². The van der Waals surface area contributed by atoms with Crippen molar-refractivity contribution < 1.29 is 53.5 Å². The fourth-order valence-corrected chi connectivity index (χ4v) is 6.54. The van der Waals surface area contributed by atoms with Crippen molar-refractivity contribution in [3.8, 4) is 11.5 Å². The van der Waals surface area contributed by atoms with Gasteiger partial charge in [-0.15, -0.1) is 10.1 Å². The van der Waals surface area contributed by atoms with Crippen LogP contribution in [0.2, 0.25) is 0 Å². The summed E-state index contributed by atoms with van der Waals surface area (Å²) < 4.78 is 22.0. The fourth-order valence-electron chi connectivity index (χ4n) is 6.54. The van der Waals surface area contributed by atoms with E-state index in [1.165, 1.54) is 36.5 Å². The number of aliphatic hydroxyl groups excluding tert-OH is 2. The van der Waals surface area contributed by atoms with Crippen molar-refractivity contribution in [2.24, 2.45) is 23.2 Å². The third-order valence-corrected chi connectivity index (χ3v) is 9.92. The lowest BCUT2D eigenvalue weighted by atomic mass is 9.65. The minimum Gasteiger partial charge on any atom is -0.493 e. The number of rotatable bonds is 20. The Hall–Kier alpha value is -4.23. The van der Waals surface area contributed by atoms with Crippen LogP contribution in [0.4, 0.5) is 0 Å². The molecule has 2 aliphatic rings. The van der Waals surface area contributed by atoms with Crippen molar-refractivity contribution in [1.29, 1.82) is 0 Å². The lowest BCUT2D eigenvalue weighted by molar-refractivity contribution is -0.757. The van der Waals surface area contributed by atoms with Crippen LogP contribution in [0, 0.1) is 33.3 Å². The number of allylic oxidation sites excluding steroid dienone is 2. The Morgan fingerprint density at radius 2 is 1.85 bits per heavy atom. The first kappa shape index (κ1) is 42.2. The van der Waals surface area contributed by atoms with Crippen molar-refractivity contribution >= 4 is 24.0 Å². The maximum Gasteiger partial charge on any atom is 0.330 e. The average molecular weight is 730 g/mol. The molecule has 0 radical (unpaired) electrons. The Kier molecular flexibility index (Phi) is 16.3. The molecule has 52 heavy (non-hydrogen) atoms. The predicted octanol–water partition coefficient (Wildman–Crippen LogP) is 6.32. The highest BCUT2D eigenvalue weighted by atomic mass is 16.9. The van der Waals surface area contributed by atoms with E-state index in [1.54, 1.807) is 12.1 Å². The molecule has 0 fully saturated rings. The predicted molar refractivity (Wildman–Crippen MR) is 192 cm³/mol. The van der Waals surface area contributed by atoms with Gasteiger partial charge in [-0.25, -0.2) is 4.79 Å². The maximum absolute atomic E-state index is 13.1. The highest BCUT2D eigenvalue weighted by Gasteiger charge is 2.42. The Bertz CT molecular complexity index is 1480. The molecular weight excluding hydrogens is 674 g/mol. The highest BCUT2D eigenvalue weighted by Crippen LogP contribution is 2.46. The van der Waals surface area contributed by atoms with E-state index in [9.17, 15) is 34.7 Å². The Labute approximate surface area is 306 Å². The van der Waals surface area contributed by atoms with Gasteiger partial charge in [0, 0.05) is 18.4 Å². The number of fused-ring (bicyclic) bond motifs is 1. The summed E-state index contributed by atoms with van der Waals surface area (Å²) in [5, 5.41) is 30.9. The number of methoxy groups -OCH3 is 1. The van der Waals surface area contributed by atoms with E-state index < -0.39 is 34.6 Å². The number of nitrogens with zero attached hydrogens (tertiary/aromatic N) is 1. The van der Waals surface area contributed by atoms with E-state index in [-0.39, 0.29) is 61.5 Å². The molecule has 1 aromatic carbocycles. The molecule has 2 N–H and O–H groups in total. The number of carbonyl (C=O) groups is 3. The number of esters is 3. The van der Waals surface area contributed by atoms with Gasteiger partial charge in [-0.1, -0.05) is 37.6 Å². The van der Waals surface area contributed by atoms with E-state index >= 15 is 0 Å². The summed E-state index contributed by atoms with van der Waals surface area (Å²) in [7, 11) is 1.40. The number of hydrogen-bond acceptors (Lipinski definition) is 12. The molecule has 0 saturated carbocycles. The first-order valence-electron chi connectivity index (χ1n) is 18.1. The van der Waals surface area contributed by atoms with Gasteiger partial charge in [0.2, 0.25) is 0 Å². The van der Waals surface area contributed by atoms with Crippen LogP contribution in [0.3, 0.4) is 0 Å². The van der Waals surface area contributed by atoms with Gasteiger partial charge in [0.25, 0.3) is 5.09 Å². The molecule has 0 aliphatic heterocycles. The third kappa shape index (κ3) is 13.1. The quantitative estimate of drug-likeness (QED) is 0.0381. The Morgan fingerprint density at radius 1 is 1.12 bits per heavy atom. The summed E-state index contributed by atoms with van der Waals surface area (Å²) in [4.78, 5) is 52.1. The minimum absolute atomic E-state index is 0.00466. The number of unbranched alkanes of at least 4 members (excludes halogenated alkanes) is 1. The summed E-state index contributed by atoms with van der Waals surface area (Å²) in [5.41, 5.74) is 2.36. The van der Waals surface area contributed by atoms with Crippen LogP contribution < -0.4 is 9.47 Å². The van der Waals surface area contributed by atoms with Crippen LogP contribution in [-0.4, -0.2) is 71.8 Å². The van der Waals surface area contributed by atoms with Gasteiger partial charge >= 0.3 is 17.9 Å². The molecule has 6 atom stereocenters. The topological polar surface area (TPSA) is 181 Å². The zero-order chi connectivity index (χ0) is 38.4. The molecule has 0 heterocycles. The van der Waals surface area contributed by atoms with Crippen molar-refractivity contribution in [2.45, 2.75) is 111 Å². The third-order valence-electron chi connectivity index (χ3n) is 9.92. The molecule has 0 amide bonds. The zero-order valence-electron chi connectivity index (χ0n) is 31.2. The van der Waals surface area contributed by atoms with Gasteiger partial charge in [-0.2, -0.15) is 0 Å². The van der Waals surface area contributed by atoms with Crippen LogP contribution >= 0.6 is 0 Å². The summed E-state index contributed by atoms with van der Waals surface area (Å²) in [6, 6.07) is 4.67. The highest BCUT2D eigenvalue weighted by molar-refractivity contribution is 5.87. The summed E-state index contributed by atoms with van der Waals surface area (Å²) >= 11 is 0. The second kappa shape index (κ2) is 20.1. The number of ether oxygens (including phenoxy) is 4. The fraction of sp³-hybridized carbons (Fsp3) is 0.615. The minimum atomic E-state index is -1.13. The van der Waals surface area contributed by atoms with Gasteiger partial charge in [-0.05, 0) is 107 Å². The molecule has 1 aromatic rings. The molecule has 2 aliphatic carbocycles. The summed E-state index contributed by atoms with van der Waals surface area (Å²) in [5.74, 6) is -0.612. The molecule has 0 aromatic heterocycles. The van der Waals surface area contributed by atoms with Gasteiger partial charge in [0.15, 0.2) is 11.5 Å². The van der Waals surface area contributed by atoms with Gasteiger partial charge in [-0.3, -0.25) is 9.59 Å². The number of aliphatic hydroxyl groups is 2. The second-order valence-electron chi connectivity index (χ2n) is 14.5. The number of hydrogen-bond donors (Lipinski definition) is 2. The normalized spacial score (nSPS) is 21.2. The molecule has 0 spiro atoms. The van der Waals surface area contributed by atoms with Crippen LogP contribution in [-0.2, 0) is 28.7 Å². The lowest BCUT2D eigenvalue weighted by Crippen LogP contribution is -2.42. The smallest absolute Gasteiger partial charge is 0.330 e. The molecule has 13 heteroatoms. The monoisotopic (exact) mass is 729 g/mol. The Balaban J connectivity index is 1.50. The van der Waals surface area contributed by atoms with E-state index in [0.29, 0.717) is 50.0 Å². The first-order chi connectivity index (χ1) is 24.6. The SMILES string of the molecule is CCC(C)(C)C(=O)O[C@H]1CC(C)=CC2=CC[C@H](C)[C@H](CC[C@@H](O)C[C@@H](O)CC(=O)Oc3ccc(/C=C/C(=O)OCCCCO[N+](=O)[O-])cc3OC)[C@H]21. The van der Waals surface area contributed by atoms with Crippen molar-refractivity contribution in [2.75, 3.05) is 20.3 Å². The van der Waals surface area contributed by atoms with Crippen LogP contribution in [0.15, 0.2) is 47.6 Å². The van der Waals surface area contributed by atoms with Crippen molar-refractivity contribution in [3.63, 3.8) is 0 Å². The van der Waals surface area contributed by atoms with E-state index in [2.05, 4.69) is 30.8 Å². The van der Waals surface area contributed by atoms with Crippen molar-refractivity contribution in [3.05, 3.63) is 63.3 Å². The molecule has 0 saturated heterocycles. The van der Waals surface area contributed by atoms with Crippen LogP contribution in [0.1, 0.15) is 98.0 Å². The molecule has 13 nitrogen and oxygen atoms in total. The van der Waals surface area contributed by atoms with E-state index in [1.807, 2.05) is 20.8 Å². The molecule has 0 bridgehead atoms. The number of benzene rings is 1. The summed E-state index contributed by atoms with van der Waals surface area (Å²) in [6.45, 7) is 10.0. The largest absolute Gasteiger partial charge is 0.493 e. The van der Waals surface area contributed by atoms with Gasteiger partial charge in [0.1, 0.15) is 6.10 Å². The summed E-state index contributed by atoms with van der Waals surface area (Å²) in [6.07, 6.45) is 8.68. The van der Waals surface area contributed by atoms with Crippen molar-refractivity contribution in [1.82, 2.24) is 0 Å². The molecular formula is C39H55NO12. The molecule has 288 valence electrons. The first-order valence-corrected chi connectivity index (χ1v) is 18.1. The molecule has 0 unspecified atom stereocenters. The lowest BCUT2D eigenvalue weighted by Gasteiger charge is -2.43. The standard InChI is InChI=1S/C39H55NO12/c1-7-39(4,5)38(45)52-34-21-25(2)20-28-13-10-26(3)31(37(28)34)15-14-29(41)23-30(42)24-36(44)51-32-16-11-27(22-33(32)48-6)12-17-35(43)49-18-8-9-19-50-40(46)47/h11-13,16-17,20,22,26,29-31,34,37,41-42H,7-10,14-15,18-19,21,23-24H2,1-6H3/b17-12+/t26-,29+,30+,31-,34-,37-/m0/s1.